The Hall–Kier alpha value is -0.238. The standard InChI is InChI=1S/C12H13NO2S.CH3.CH2.U/c1-12(16)7-10(14)9-6-8(4-5-13)2-3-11(9)15-12;;;/h2-3,6,16H,4-5,7H2,1H3;1H3;1H2;/q;-1;;/t12-;;;/m1.../s1. The fourth-order valence-corrected chi connectivity index (χ4v) is 3.34. The third kappa shape index (κ3) is 4.37. The van der Waals surface area contributed by atoms with E-state index in [1.807, 2.05) is 25.1 Å². The van der Waals surface area contributed by atoms with Crippen LogP contribution in [0.15, 0.2) is 20.5 Å². The minimum Gasteiger partial charge on any atom is -0.358 e. The van der Waals surface area contributed by atoms with Gasteiger partial charge in [-0.15, -0.1) is 0 Å². The molecule has 1 heterocycles. The van der Waals surface area contributed by atoms with Crippen molar-refractivity contribution in [2.75, 3.05) is 6.54 Å². The number of Topliss-reactive ketones (excluding diaryl/α,β-unsaturated/α-hetero) is 1. The van der Waals surface area contributed by atoms with Gasteiger partial charge in [0.25, 0.3) is 0 Å². The Kier molecular flexibility index (Phi) is 6.17. The van der Waals surface area contributed by atoms with Gasteiger partial charge in [-0.1, -0.05) is 0 Å². The Morgan fingerprint density at radius 2 is 2.32 bits per heavy atom. The number of rotatable bonds is 3. The van der Waals surface area contributed by atoms with Gasteiger partial charge < -0.3 is 7.43 Å². The Labute approximate surface area is 134 Å². The van der Waals surface area contributed by atoms with Crippen molar-refractivity contribution in [1.29, 1.82) is 0 Å². The van der Waals surface area contributed by atoms with Gasteiger partial charge in [0.15, 0.2) is 0 Å². The minimum absolute atomic E-state index is 0. The van der Waals surface area contributed by atoms with Gasteiger partial charge in [-0.2, -0.15) is 0 Å². The maximum absolute atomic E-state index is 12.0. The molecule has 0 saturated heterocycles. The zero-order valence-corrected chi connectivity index (χ0v) is 16.3. The molecule has 0 aliphatic carbocycles. The van der Waals surface area contributed by atoms with Crippen LogP contribution in [0.25, 0.3) is 0 Å². The molecule has 0 bridgehead atoms. The molecule has 0 N–H and O–H groups in total. The number of fused-ring (bicyclic) bond motifs is 1. The quantitative estimate of drug-likeness (QED) is 0.510. The van der Waals surface area contributed by atoms with Crippen LogP contribution in [0.2, 0.25) is 0 Å². The van der Waals surface area contributed by atoms with Crippen molar-refractivity contribution in [3.63, 3.8) is 0 Å². The zero-order valence-electron chi connectivity index (χ0n) is 11.3. The minimum atomic E-state index is -1.01. The molecule has 2 rings (SSSR count). The van der Waals surface area contributed by atoms with E-state index in [-0.39, 0.29) is 13.2 Å². The summed E-state index contributed by atoms with van der Waals surface area (Å²) in [5, 5.41) is 0. The van der Waals surface area contributed by atoms with Crippen molar-refractivity contribution in [2.24, 2.45) is 2.26 Å². The molecule has 3 nitrogen and oxygen atoms in total. The van der Waals surface area contributed by atoms with Crippen LogP contribution in [0.5, 0.6) is 5.75 Å². The summed E-state index contributed by atoms with van der Waals surface area (Å²) in [6.45, 7) is 2.64. The van der Waals surface area contributed by atoms with Crippen LogP contribution in [0, 0.1) is 34.5 Å². The molecule has 0 unspecified atom stereocenters. The molecule has 1 aromatic carbocycles. The molecule has 1 aromatic rings. The van der Waals surface area contributed by atoms with E-state index < -0.39 is 32.0 Å². The third-order valence-corrected chi connectivity index (χ3v) is 4.90. The van der Waals surface area contributed by atoms with E-state index >= 15 is 0 Å². The van der Waals surface area contributed by atoms with E-state index in [1.165, 1.54) is 0 Å². The van der Waals surface area contributed by atoms with Crippen LogP contribution in [0.3, 0.4) is 0 Å². The molecule has 102 valence electrons. The van der Waals surface area contributed by atoms with Crippen LogP contribution in [-0.4, -0.2) is 20.8 Å². The van der Waals surface area contributed by atoms with E-state index in [9.17, 15) is 4.79 Å². The first-order chi connectivity index (χ1) is 8.52. The Bertz CT molecular complexity index is 536. The summed E-state index contributed by atoms with van der Waals surface area (Å²) in [6, 6.07) is 5.79. The van der Waals surface area contributed by atoms with Gasteiger partial charge in [-0.05, 0) is 0 Å². The predicted octanol–water partition coefficient (Wildman–Crippen LogP) is 2.99. The average molecular weight is 502 g/mol. The molecule has 1 aliphatic rings. The number of nitrogens with zero attached hydrogens (tertiary/aromatic N) is 1. The molecule has 0 aromatic heterocycles. The molecule has 0 saturated carbocycles. The predicted molar refractivity (Wildman–Crippen MR) is 77.9 cm³/mol. The van der Waals surface area contributed by atoms with Gasteiger partial charge in [0.05, 0.1) is 0 Å². The van der Waals surface area contributed by atoms with Gasteiger partial charge >= 0.3 is 127 Å². The van der Waals surface area contributed by atoms with Crippen LogP contribution in [-0.2, 0) is 6.42 Å². The van der Waals surface area contributed by atoms with E-state index in [2.05, 4.69) is 18.4 Å². The number of ketones is 1. The number of carbonyl (C=O) groups excluding carboxylic acids is 1. The monoisotopic (exact) mass is 502 g/mol. The van der Waals surface area contributed by atoms with Crippen LogP contribution < -0.4 is 4.74 Å². The molecule has 1 aliphatic heterocycles. The summed E-state index contributed by atoms with van der Waals surface area (Å²) in [5.74, 6) is 0.740. The van der Waals surface area contributed by atoms with E-state index in [0.29, 0.717) is 17.7 Å². The molecule has 0 fully saturated rings. The normalized spacial score (nSPS) is 20.6. The number of ether oxygens (including phenoxy) is 1. The smallest absolute Gasteiger partial charge is 0.358 e. The first kappa shape index (κ1) is 16.8. The van der Waals surface area contributed by atoms with Crippen LogP contribution in [0.4, 0.5) is 0 Å². The van der Waals surface area contributed by atoms with E-state index in [4.69, 9.17) is 4.74 Å². The summed E-state index contributed by atoms with van der Waals surface area (Å²) in [5.41, 5.74) is 1.81. The number of thiol groups is 1. The molecular weight excluding hydrogens is 484 g/mol. The summed E-state index contributed by atoms with van der Waals surface area (Å²) < 4.78 is 14.0. The fourth-order valence-electron chi connectivity index (χ4n) is 1.97. The maximum atomic E-state index is 12.0. The van der Waals surface area contributed by atoms with Gasteiger partial charge in [0, 0.05) is 0 Å². The van der Waals surface area contributed by atoms with Gasteiger partial charge in [0.1, 0.15) is 0 Å². The third-order valence-electron chi connectivity index (χ3n) is 2.79. The summed E-state index contributed by atoms with van der Waals surface area (Å²) in [4.78, 5) is 11.3. The number of hydrogen-bond acceptors (Lipinski definition) is 4. The summed E-state index contributed by atoms with van der Waals surface area (Å²) in [6.07, 6.45) is 1.19. The van der Waals surface area contributed by atoms with Crippen molar-refractivity contribution in [2.45, 2.75) is 24.7 Å². The summed E-state index contributed by atoms with van der Waals surface area (Å²) in [7, 11) is 0. The Balaban J connectivity index is 0.00000180. The first-order valence-corrected chi connectivity index (χ1v) is 11.0. The molecule has 5 heteroatoms. The topological polar surface area (TPSA) is 38.7 Å². The van der Waals surface area contributed by atoms with Crippen molar-refractivity contribution >= 4 is 21.9 Å². The first-order valence-electron chi connectivity index (χ1n) is 5.78. The van der Waals surface area contributed by atoms with Crippen LogP contribution >= 0.6 is 12.6 Å². The zero-order chi connectivity index (χ0) is 13.2. The SMILES string of the molecule is [CH2]=[U]=[N]CCc1ccc2c(c1)C(=O)C[C@@](C)(S)O2.[CH3-]. The fraction of sp³-hybridized carbons (Fsp3) is 0.357. The van der Waals surface area contributed by atoms with E-state index in [1.54, 1.807) is 0 Å². The van der Waals surface area contributed by atoms with Gasteiger partial charge in [-0.3, -0.25) is 0 Å². The number of carbonyl (C=O) groups is 1. The molecular formula is C14H18NO2SU-. The van der Waals surface area contributed by atoms with Crippen LogP contribution in [0.1, 0.15) is 29.3 Å². The van der Waals surface area contributed by atoms with Crippen molar-refractivity contribution < 1.29 is 36.6 Å². The number of benzene rings is 1. The second kappa shape index (κ2) is 6.97. The van der Waals surface area contributed by atoms with E-state index in [0.717, 1.165) is 18.5 Å². The largest absolute Gasteiger partial charge is 0.358 e. The molecule has 0 spiro atoms. The average Bonchev–Trinajstić information content (AvgIpc) is 2.29. The van der Waals surface area contributed by atoms with Crippen molar-refractivity contribution in [3.05, 3.63) is 36.8 Å². The maximum Gasteiger partial charge on any atom is -0.358 e. The van der Waals surface area contributed by atoms with Gasteiger partial charge in [0.2, 0.25) is 0 Å². The molecule has 0 radical (unpaired) electrons. The molecule has 19 heavy (non-hydrogen) atoms. The second-order valence-corrected chi connectivity index (χ2v) is 8.08. The Morgan fingerprint density at radius 3 is 3.00 bits per heavy atom. The van der Waals surface area contributed by atoms with Crippen molar-refractivity contribution in [1.82, 2.24) is 0 Å². The molecule has 0 amide bonds. The second-order valence-electron chi connectivity index (χ2n) is 4.50. The Morgan fingerprint density at radius 1 is 1.58 bits per heavy atom. The summed E-state index contributed by atoms with van der Waals surface area (Å²) >= 11 is 3.33. The van der Waals surface area contributed by atoms with Gasteiger partial charge in [-0.25, -0.2) is 0 Å². The van der Waals surface area contributed by atoms with Crippen molar-refractivity contribution in [3.8, 4) is 5.75 Å². The molecule has 1 atom stereocenters. The number of hydrogen-bond donors (Lipinski definition) is 1.